The molecule has 1 aliphatic heterocycles. The van der Waals surface area contributed by atoms with Crippen molar-refractivity contribution in [3.63, 3.8) is 0 Å². The summed E-state index contributed by atoms with van der Waals surface area (Å²) < 4.78 is 16.3. The molecule has 0 atom stereocenters. The van der Waals surface area contributed by atoms with Gasteiger partial charge in [0.15, 0.2) is 16.6 Å². The van der Waals surface area contributed by atoms with Crippen molar-refractivity contribution in [3.05, 3.63) is 17.7 Å². The summed E-state index contributed by atoms with van der Waals surface area (Å²) >= 11 is 3.84. The molecule has 0 spiro atoms. The van der Waals surface area contributed by atoms with Crippen molar-refractivity contribution < 1.29 is 19.0 Å². The maximum absolute atomic E-state index is 11.1. The number of ether oxygens (including phenoxy) is 3. The topological polar surface area (TPSA) is 51.2 Å². The van der Waals surface area contributed by atoms with Gasteiger partial charge in [0.25, 0.3) is 0 Å². The molecule has 0 N–H and O–H groups in total. The number of piperazine rings is 1. The van der Waals surface area contributed by atoms with Crippen LogP contribution in [0, 0.1) is 0 Å². The van der Waals surface area contributed by atoms with E-state index in [4.69, 9.17) is 14.2 Å². The van der Waals surface area contributed by atoms with E-state index < -0.39 is 0 Å². The largest absolute Gasteiger partial charge is 0.493 e. The van der Waals surface area contributed by atoms with Gasteiger partial charge in [0.1, 0.15) is 0 Å². The molecule has 1 saturated heterocycles. The Balaban J connectivity index is 2.05. The van der Waals surface area contributed by atoms with Crippen LogP contribution in [0.3, 0.4) is 0 Å². The van der Waals surface area contributed by atoms with E-state index in [1.807, 2.05) is 12.1 Å². The molecule has 7 heteroatoms. The first kappa shape index (κ1) is 17.9. The Morgan fingerprint density at radius 2 is 1.61 bits per heavy atom. The number of thiol groups is 1. The third-order valence-electron chi connectivity index (χ3n) is 4.00. The number of nitrogens with zero attached hydrogens (tertiary/aromatic N) is 2. The molecule has 0 amide bonds. The predicted octanol–water partition coefficient (Wildman–Crippen LogP) is 1.29. The maximum atomic E-state index is 11.1. The second-order valence-electron chi connectivity index (χ2n) is 5.44. The van der Waals surface area contributed by atoms with Crippen LogP contribution in [0.25, 0.3) is 0 Å². The van der Waals surface area contributed by atoms with Crippen LogP contribution in [0.1, 0.15) is 5.56 Å². The molecule has 1 aliphatic rings. The predicted molar refractivity (Wildman–Crippen MR) is 91.8 cm³/mol. The lowest BCUT2D eigenvalue weighted by Crippen LogP contribution is -2.47. The fourth-order valence-electron chi connectivity index (χ4n) is 2.83. The van der Waals surface area contributed by atoms with E-state index >= 15 is 0 Å². The van der Waals surface area contributed by atoms with Crippen LogP contribution < -0.4 is 14.2 Å². The third kappa shape index (κ3) is 4.53. The molecular weight excluding hydrogens is 316 g/mol. The van der Waals surface area contributed by atoms with Gasteiger partial charge < -0.3 is 14.2 Å². The molecule has 2 rings (SSSR count). The highest BCUT2D eigenvalue weighted by Crippen LogP contribution is 2.40. The van der Waals surface area contributed by atoms with Crippen LogP contribution in [0.4, 0.5) is 0 Å². The van der Waals surface area contributed by atoms with Gasteiger partial charge in [-0.25, -0.2) is 0 Å². The summed E-state index contributed by atoms with van der Waals surface area (Å²) in [5.41, 5.74) is 1.06. The lowest BCUT2D eigenvalue weighted by atomic mass is 10.1. The van der Waals surface area contributed by atoms with Crippen molar-refractivity contribution in [3.8, 4) is 17.2 Å². The van der Waals surface area contributed by atoms with Crippen molar-refractivity contribution >= 4 is 17.7 Å². The standard InChI is InChI=1S/C16H24N2O4S/c1-20-13-5-4-12(15(21-2)16(13)22-3)10-17-6-8-18(9-7-17)11-14(19)23/h4-5H,6-11H2,1-3H3,(H,19,23). The fourth-order valence-corrected chi connectivity index (χ4v) is 3.03. The number of benzene rings is 1. The monoisotopic (exact) mass is 340 g/mol. The fraction of sp³-hybridized carbons (Fsp3) is 0.562. The Kier molecular flexibility index (Phi) is 6.56. The molecule has 1 aromatic rings. The van der Waals surface area contributed by atoms with E-state index in [1.54, 1.807) is 21.3 Å². The Morgan fingerprint density at radius 3 is 2.13 bits per heavy atom. The van der Waals surface area contributed by atoms with Gasteiger partial charge in [-0.2, -0.15) is 0 Å². The van der Waals surface area contributed by atoms with E-state index in [0.29, 0.717) is 23.8 Å². The Hall–Kier alpha value is -1.44. The number of rotatable bonds is 7. The molecule has 0 bridgehead atoms. The van der Waals surface area contributed by atoms with Crippen LogP contribution in [-0.4, -0.2) is 69.0 Å². The highest BCUT2D eigenvalue weighted by molar-refractivity contribution is 7.96. The van der Waals surface area contributed by atoms with Crippen molar-refractivity contribution in [1.82, 2.24) is 9.80 Å². The SMILES string of the molecule is COc1ccc(CN2CCN(CC(=O)S)CC2)c(OC)c1OC. The summed E-state index contributed by atoms with van der Waals surface area (Å²) in [7, 11) is 4.85. The zero-order chi connectivity index (χ0) is 16.8. The van der Waals surface area contributed by atoms with Crippen molar-refractivity contribution in [2.75, 3.05) is 54.1 Å². The smallest absolute Gasteiger partial charge is 0.203 e. The van der Waals surface area contributed by atoms with Crippen molar-refractivity contribution in [2.45, 2.75) is 6.54 Å². The Bertz CT molecular complexity index is 545. The lowest BCUT2D eigenvalue weighted by Gasteiger charge is -2.34. The van der Waals surface area contributed by atoms with Gasteiger partial charge >= 0.3 is 0 Å². The quantitative estimate of drug-likeness (QED) is 0.755. The molecule has 0 radical (unpaired) electrons. The zero-order valence-electron chi connectivity index (χ0n) is 13.9. The molecule has 1 fully saturated rings. The van der Waals surface area contributed by atoms with Crippen LogP contribution in [0.2, 0.25) is 0 Å². The lowest BCUT2D eigenvalue weighted by molar-refractivity contribution is -0.112. The van der Waals surface area contributed by atoms with Crippen molar-refractivity contribution in [1.29, 1.82) is 0 Å². The van der Waals surface area contributed by atoms with E-state index in [0.717, 1.165) is 38.3 Å². The van der Waals surface area contributed by atoms with Gasteiger partial charge in [-0.1, -0.05) is 6.07 Å². The Morgan fingerprint density at radius 1 is 1.00 bits per heavy atom. The number of methoxy groups -OCH3 is 3. The first-order chi connectivity index (χ1) is 11.1. The average molecular weight is 340 g/mol. The van der Waals surface area contributed by atoms with E-state index in [1.165, 1.54) is 0 Å². The van der Waals surface area contributed by atoms with Crippen LogP contribution >= 0.6 is 12.6 Å². The van der Waals surface area contributed by atoms with Crippen LogP contribution in [0.15, 0.2) is 12.1 Å². The second-order valence-corrected chi connectivity index (χ2v) is 5.94. The third-order valence-corrected chi connectivity index (χ3v) is 4.14. The van der Waals surface area contributed by atoms with Crippen molar-refractivity contribution in [2.24, 2.45) is 0 Å². The summed E-state index contributed by atoms with van der Waals surface area (Å²) in [6.07, 6.45) is 0. The van der Waals surface area contributed by atoms with Gasteiger partial charge in [0.05, 0.1) is 27.9 Å². The molecule has 1 aromatic carbocycles. The maximum Gasteiger partial charge on any atom is 0.203 e. The molecule has 0 unspecified atom stereocenters. The molecule has 1 heterocycles. The van der Waals surface area contributed by atoms with Gasteiger partial charge in [-0.15, -0.1) is 12.6 Å². The molecular formula is C16H24N2O4S. The van der Waals surface area contributed by atoms with Gasteiger partial charge in [-0.3, -0.25) is 14.6 Å². The van der Waals surface area contributed by atoms with Gasteiger partial charge in [0, 0.05) is 38.3 Å². The number of hydrogen-bond donors (Lipinski definition) is 1. The second kappa shape index (κ2) is 8.42. The van der Waals surface area contributed by atoms with E-state index in [2.05, 4.69) is 22.4 Å². The Labute approximate surface area is 142 Å². The van der Waals surface area contributed by atoms with Gasteiger partial charge in [0.2, 0.25) is 5.75 Å². The summed E-state index contributed by atoms with van der Waals surface area (Å²) in [6, 6.07) is 3.90. The minimum absolute atomic E-state index is 0.0833. The van der Waals surface area contributed by atoms with Gasteiger partial charge in [-0.05, 0) is 6.07 Å². The summed E-state index contributed by atoms with van der Waals surface area (Å²) in [5.74, 6) is 1.98. The molecule has 6 nitrogen and oxygen atoms in total. The van der Waals surface area contributed by atoms with E-state index in [9.17, 15) is 4.79 Å². The first-order valence-corrected chi connectivity index (χ1v) is 7.98. The zero-order valence-corrected chi connectivity index (χ0v) is 14.8. The molecule has 23 heavy (non-hydrogen) atoms. The number of carbonyl (C=O) groups is 1. The number of hydrogen-bond acceptors (Lipinski definition) is 6. The molecule has 0 aliphatic carbocycles. The molecule has 128 valence electrons. The summed E-state index contributed by atoms with van der Waals surface area (Å²) in [5, 5.41) is -0.0833. The molecule has 0 aromatic heterocycles. The minimum Gasteiger partial charge on any atom is -0.493 e. The average Bonchev–Trinajstić information content (AvgIpc) is 2.55. The summed E-state index contributed by atoms with van der Waals surface area (Å²) in [4.78, 5) is 15.5. The van der Waals surface area contributed by atoms with E-state index in [-0.39, 0.29) is 5.12 Å². The minimum atomic E-state index is -0.0833. The first-order valence-electron chi connectivity index (χ1n) is 7.53. The number of carbonyl (C=O) groups excluding carboxylic acids is 1. The van der Waals surface area contributed by atoms with Crippen LogP contribution in [-0.2, 0) is 11.3 Å². The molecule has 0 saturated carbocycles. The highest BCUT2D eigenvalue weighted by atomic mass is 32.1. The highest BCUT2D eigenvalue weighted by Gasteiger charge is 2.21. The van der Waals surface area contributed by atoms with Crippen LogP contribution in [0.5, 0.6) is 17.2 Å². The summed E-state index contributed by atoms with van der Waals surface area (Å²) in [6.45, 7) is 4.71. The normalized spacial score (nSPS) is 16.2.